The van der Waals surface area contributed by atoms with Gasteiger partial charge in [-0.05, 0) is 65.1 Å². The summed E-state index contributed by atoms with van der Waals surface area (Å²) in [7, 11) is 0. The molecular weight excluding hydrogens is 540 g/mol. The van der Waals surface area contributed by atoms with Crippen molar-refractivity contribution in [1.29, 1.82) is 0 Å². The van der Waals surface area contributed by atoms with Crippen molar-refractivity contribution in [1.82, 2.24) is 20.4 Å². The van der Waals surface area contributed by atoms with Crippen LogP contribution in [0.25, 0.3) is 21.5 Å². The van der Waals surface area contributed by atoms with Crippen LogP contribution < -0.4 is 10.6 Å². The topological polar surface area (TPSA) is 98.8 Å². The molecule has 5 rings (SSSR count). The summed E-state index contributed by atoms with van der Waals surface area (Å²) in [4.78, 5) is 55.5. The van der Waals surface area contributed by atoms with Crippen LogP contribution in [-0.4, -0.2) is 72.2 Å². The van der Waals surface area contributed by atoms with Crippen molar-refractivity contribution in [2.24, 2.45) is 0 Å². The number of carbonyl (C=O) groups excluding carboxylic acids is 4. The van der Waals surface area contributed by atoms with E-state index < -0.39 is 6.04 Å². The van der Waals surface area contributed by atoms with Crippen molar-refractivity contribution in [3.63, 3.8) is 0 Å². The molecule has 0 aliphatic carbocycles. The molecule has 1 atom stereocenters. The first-order chi connectivity index (χ1) is 20.9. The largest absolute Gasteiger partial charge is 0.353 e. The Hall–Kier alpha value is -4.98. The van der Waals surface area contributed by atoms with E-state index in [0.29, 0.717) is 63.1 Å². The average Bonchev–Trinajstić information content (AvgIpc) is 3.06. The molecule has 4 aromatic rings. The fourth-order valence-corrected chi connectivity index (χ4v) is 5.52. The van der Waals surface area contributed by atoms with Crippen molar-refractivity contribution < 1.29 is 19.2 Å². The average molecular weight is 577 g/mol. The molecule has 8 nitrogen and oxygen atoms in total. The molecule has 4 amide bonds. The Bertz CT molecular complexity index is 1650. The molecule has 0 spiro atoms. The fourth-order valence-electron chi connectivity index (χ4n) is 5.52. The summed E-state index contributed by atoms with van der Waals surface area (Å²) in [6.07, 6.45) is 2.94. The predicted molar refractivity (Wildman–Crippen MR) is 169 cm³/mol. The van der Waals surface area contributed by atoms with Crippen molar-refractivity contribution >= 4 is 45.2 Å². The summed E-state index contributed by atoms with van der Waals surface area (Å²) in [5, 5.41) is 9.62. The van der Waals surface area contributed by atoms with Gasteiger partial charge >= 0.3 is 0 Å². The highest BCUT2D eigenvalue weighted by atomic mass is 16.2. The zero-order valence-electron chi connectivity index (χ0n) is 24.1. The van der Waals surface area contributed by atoms with Gasteiger partial charge in [0.1, 0.15) is 6.04 Å². The molecule has 0 unspecified atom stereocenters. The van der Waals surface area contributed by atoms with Crippen LogP contribution >= 0.6 is 0 Å². The van der Waals surface area contributed by atoms with Gasteiger partial charge in [-0.1, -0.05) is 73.3 Å². The lowest BCUT2D eigenvalue weighted by Gasteiger charge is -2.36. The van der Waals surface area contributed by atoms with Gasteiger partial charge in [0.25, 0.3) is 11.8 Å². The van der Waals surface area contributed by atoms with Gasteiger partial charge in [-0.15, -0.1) is 0 Å². The lowest BCUT2D eigenvalue weighted by atomic mass is 10.0. The molecule has 1 aliphatic rings. The number of benzene rings is 4. The minimum atomic E-state index is -0.727. The molecule has 4 aromatic carbocycles. The molecule has 1 heterocycles. The number of piperazine rings is 1. The van der Waals surface area contributed by atoms with E-state index in [2.05, 4.69) is 17.2 Å². The van der Waals surface area contributed by atoms with E-state index in [4.69, 9.17) is 0 Å². The highest BCUT2D eigenvalue weighted by Crippen LogP contribution is 2.21. The Morgan fingerprint density at radius 1 is 0.767 bits per heavy atom. The lowest BCUT2D eigenvalue weighted by molar-refractivity contribution is -0.135. The normalized spacial score (nSPS) is 13.9. The molecule has 0 aromatic heterocycles. The van der Waals surface area contributed by atoms with Crippen LogP contribution in [0.15, 0.2) is 97.6 Å². The maximum atomic E-state index is 13.7. The third-order valence-electron chi connectivity index (χ3n) is 7.92. The molecule has 1 aliphatic heterocycles. The van der Waals surface area contributed by atoms with Crippen LogP contribution in [0.3, 0.4) is 0 Å². The Morgan fingerprint density at radius 2 is 1.44 bits per heavy atom. The van der Waals surface area contributed by atoms with Crippen molar-refractivity contribution in [2.45, 2.75) is 25.3 Å². The third kappa shape index (κ3) is 7.09. The smallest absolute Gasteiger partial charge is 0.254 e. The molecule has 43 heavy (non-hydrogen) atoms. The Labute approximate surface area is 251 Å². The molecular formula is C35H36N4O4. The van der Waals surface area contributed by atoms with E-state index in [-0.39, 0.29) is 23.6 Å². The van der Waals surface area contributed by atoms with Crippen molar-refractivity contribution in [3.8, 4) is 0 Å². The Balaban J connectivity index is 1.24. The summed E-state index contributed by atoms with van der Waals surface area (Å²) in [5.41, 5.74) is 1.14. The van der Waals surface area contributed by atoms with E-state index >= 15 is 0 Å². The van der Waals surface area contributed by atoms with Gasteiger partial charge in [-0.3, -0.25) is 19.2 Å². The van der Waals surface area contributed by atoms with E-state index in [1.54, 1.807) is 15.9 Å². The zero-order valence-corrected chi connectivity index (χ0v) is 24.1. The summed E-state index contributed by atoms with van der Waals surface area (Å²) < 4.78 is 0. The van der Waals surface area contributed by atoms with Crippen LogP contribution in [0, 0.1) is 0 Å². The summed E-state index contributed by atoms with van der Waals surface area (Å²) in [6.45, 7) is 5.50. The molecule has 0 radical (unpaired) electrons. The summed E-state index contributed by atoms with van der Waals surface area (Å²) in [5.74, 6) is -0.768. The maximum Gasteiger partial charge on any atom is 0.254 e. The van der Waals surface area contributed by atoms with Crippen LogP contribution in [0.4, 0.5) is 0 Å². The molecule has 0 saturated carbocycles. The monoisotopic (exact) mass is 576 g/mol. The maximum absolute atomic E-state index is 13.7. The summed E-state index contributed by atoms with van der Waals surface area (Å²) in [6, 6.07) is 26.1. The number of hydrogen-bond donors (Lipinski definition) is 2. The highest BCUT2D eigenvalue weighted by molar-refractivity contribution is 6.07. The molecule has 8 heteroatoms. The van der Waals surface area contributed by atoms with E-state index in [0.717, 1.165) is 21.5 Å². The lowest BCUT2D eigenvalue weighted by Crippen LogP contribution is -2.55. The number of rotatable bonds is 10. The van der Waals surface area contributed by atoms with E-state index in [1.165, 1.54) is 6.08 Å². The minimum absolute atomic E-state index is 0.0494. The van der Waals surface area contributed by atoms with Crippen LogP contribution in [0.1, 0.15) is 40.0 Å². The SMILES string of the molecule is C=CC(=O)NCCCC[C@H](NC(=O)c1ccc2ccccc2c1)C(=O)N1CCN(C(=O)c2cccc3ccccc23)CC1. The summed E-state index contributed by atoms with van der Waals surface area (Å²) >= 11 is 0. The Morgan fingerprint density at radius 3 is 2.21 bits per heavy atom. The number of carbonyl (C=O) groups is 4. The van der Waals surface area contributed by atoms with Gasteiger partial charge in [0.05, 0.1) is 0 Å². The second-order valence-electron chi connectivity index (χ2n) is 10.7. The second-order valence-corrected chi connectivity index (χ2v) is 10.7. The predicted octanol–water partition coefficient (Wildman–Crippen LogP) is 4.55. The first-order valence-electron chi connectivity index (χ1n) is 14.7. The van der Waals surface area contributed by atoms with Gasteiger partial charge in [0.2, 0.25) is 11.8 Å². The van der Waals surface area contributed by atoms with Gasteiger partial charge in [0.15, 0.2) is 0 Å². The number of unbranched alkanes of at least 4 members (excludes halogenated alkanes) is 1. The molecule has 1 fully saturated rings. The minimum Gasteiger partial charge on any atom is -0.353 e. The van der Waals surface area contributed by atoms with Gasteiger partial charge in [-0.25, -0.2) is 0 Å². The van der Waals surface area contributed by atoms with Gasteiger partial charge in [-0.2, -0.15) is 0 Å². The van der Waals surface area contributed by atoms with E-state index in [1.807, 2.05) is 78.9 Å². The number of amides is 4. The standard InChI is InChI=1S/C35H36N4O4/c1-2-32(40)36-19-8-7-16-31(37-33(41)28-18-17-25-10-3-4-12-27(25)24-28)35(43)39-22-20-38(21-23-39)34(42)30-15-9-13-26-11-5-6-14-29(26)30/h2-6,9-15,17-18,24,31H,1,7-8,16,19-23H2,(H,36,40)(H,37,41)/t31-/m0/s1. The number of hydrogen-bond acceptors (Lipinski definition) is 4. The van der Waals surface area contributed by atoms with Crippen molar-refractivity contribution in [3.05, 3.63) is 109 Å². The number of nitrogens with one attached hydrogen (secondary N) is 2. The van der Waals surface area contributed by atoms with Crippen LogP contribution in [0.2, 0.25) is 0 Å². The number of fused-ring (bicyclic) bond motifs is 2. The van der Waals surface area contributed by atoms with Gasteiger partial charge < -0.3 is 20.4 Å². The number of nitrogens with zero attached hydrogens (tertiary/aromatic N) is 2. The van der Waals surface area contributed by atoms with Crippen LogP contribution in [-0.2, 0) is 9.59 Å². The van der Waals surface area contributed by atoms with Crippen molar-refractivity contribution in [2.75, 3.05) is 32.7 Å². The van der Waals surface area contributed by atoms with Gasteiger partial charge in [0, 0.05) is 43.9 Å². The first kappa shape index (κ1) is 29.5. The fraction of sp³-hybridized carbons (Fsp3) is 0.257. The molecule has 220 valence electrons. The third-order valence-corrected chi connectivity index (χ3v) is 7.92. The molecule has 1 saturated heterocycles. The highest BCUT2D eigenvalue weighted by Gasteiger charge is 2.30. The van der Waals surface area contributed by atoms with Crippen LogP contribution in [0.5, 0.6) is 0 Å². The molecule has 2 N–H and O–H groups in total. The second kappa shape index (κ2) is 13.8. The molecule has 0 bridgehead atoms. The quantitative estimate of drug-likeness (QED) is 0.214. The van der Waals surface area contributed by atoms with E-state index in [9.17, 15) is 19.2 Å². The first-order valence-corrected chi connectivity index (χ1v) is 14.7. The Kier molecular flexibility index (Phi) is 9.46. The zero-order chi connectivity index (χ0) is 30.2.